The number of aliphatic hydroxyl groups is 1. The van der Waals surface area contributed by atoms with Gasteiger partial charge in [-0.3, -0.25) is 4.98 Å². The lowest BCUT2D eigenvalue weighted by Crippen LogP contribution is -1.90. The monoisotopic (exact) mass is 263 g/mol. The molecular weight excluding hydrogens is 254 g/mol. The summed E-state index contributed by atoms with van der Waals surface area (Å²) in [6.45, 7) is 0.00961. The van der Waals surface area contributed by atoms with Gasteiger partial charge < -0.3 is 5.11 Å². The SMILES string of the molecule is OCc1cnccc1-c1cccc(Br)c1. The smallest absolute Gasteiger partial charge is 0.0702 e. The van der Waals surface area contributed by atoms with E-state index in [2.05, 4.69) is 20.9 Å². The highest BCUT2D eigenvalue weighted by Gasteiger charge is 2.03. The van der Waals surface area contributed by atoms with Gasteiger partial charge in [0, 0.05) is 22.4 Å². The quantitative estimate of drug-likeness (QED) is 0.904. The van der Waals surface area contributed by atoms with Crippen molar-refractivity contribution in [1.29, 1.82) is 0 Å². The van der Waals surface area contributed by atoms with E-state index < -0.39 is 0 Å². The van der Waals surface area contributed by atoms with Gasteiger partial charge in [-0.05, 0) is 29.3 Å². The Kier molecular flexibility index (Phi) is 3.14. The third-order valence-electron chi connectivity index (χ3n) is 2.21. The van der Waals surface area contributed by atoms with Crippen LogP contribution in [0, 0.1) is 0 Å². The maximum Gasteiger partial charge on any atom is 0.0702 e. The van der Waals surface area contributed by atoms with Crippen LogP contribution in [0.1, 0.15) is 5.56 Å². The summed E-state index contributed by atoms with van der Waals surface area (Å²) < 4.78 is 1.03. The zero-order chi connectivity index (χ0) is 10.7. The molecule has 0 unspecified atom stereocenters. The van der Waals surface area contributed by atoms with Crippen molar-refractivity contribution < 1.29 is 5.11 Å². The van der Waals surface area contributed by atoms with Crippen molar-refractivity contribution in [2.75, 3.05) is 0 Å². The second-order valence-corrected chi connectivity index (χ2v) is 4.12. The van der Waals surface area contributed by atoms with Crippen LogP contribution < -0.4 is 0 Å². The summed E-state index contributed by atoms with van der Waals surface area (Å²) in [5, 5.41) is 9.20. The number of benzene rings is 1. The molecule has 0 aliphatic rings. The van der Waals surface area contributed by atoms with Gasteiger partial charge in [0.25, 0.3) is 0 Å². The fraction of sp³-hybridized carbons (Fsp3) is 0.0833. The van der Waals surface area contributed by atoms with Crippen LogP contribution in [0.5, 0.6) is 0 Å². The maximum absolute atomic E-state index is 9.20. The van der Waals surface area contributed by atoms with Crippen molar-refractivity contribution in [3.05, 3.63) is 52.8 Å². The van der Waals surface area contributed by atoms with Crippen LogP contribution in [0.15, 0.2) is 47.2 Å². The molecule has 1 N–H and O–H groups in total. The summed E-state index contributed by atoms with van der Waals surface area (Å²) in [5.74, 6) is 0. The molecule has 0 fully saturated rings. The lowest BCUT2D eigenvalue weighted by Gasteiger charge is -2.06. The Morgan fingerprint density at radius 1 is 1.27 bits per heavy atom. The molecule has 0 atom stereocenters. The number of rotatable bonds is 2. The topological polar surface area (TPSA) is 33.1 Å². The van der Waals surface area contributed by atoms with Gasteiger partial charge in [-0.15, -0.1) is 0 Å². The summed E-state index contributed by atoms with van der Waals surface area (Å²) in [5.41, 5.74) is 2.94. The minimum Gasteiger partial charge on any atom is -0.392 e. The van der Waals surface area contributed by atoms with E-state index in [1.165, 1.54) is 0 Å². The minimum absolute atomic E-state index is 0.00961. The number of aliphatic hydroxyl groups excluding tert-OH is 1. The van der Waals surface area contributed by atoms with Crippen molar-refractivity contribution in [3.63, 3.8) is 0 Å². The fourth-order valence-electron chi connectivity index (χ4n) is 1.49. The Balaban J connectivity index is 2.53. The van der Waals surface area contributed by atoms with E-state index in [9.17, 15) is 5.11 Å². The molecule has 1 aromatic heterocycles. The van der Waals surface area contributed by atoms with Crippen LogP contribution in [-0.4, -0.2) is 10.1 Å². The molecular formula is C12H10BrNO. The fourth-order valence-corrected chi connectivity index (χ4v) is 1.89. The van der Waals surface area contributed by atoms with E-state index in [1.54, 1.807) is 12.4 Å². The molecule has 0 saturated heterocycles. The van der Waals surface area contributed by atoms with Gasteiger partial charge in [0.15, 0.2) is 0 Å². The summed E-state index contributed by atoms with van der Waals surface area (Å²) in [7, 11) is 0. The highest BCUT2D eigenvalue weighted by atomic mass is 79.9. The molecule has 76 valence electrons. The Morgan fingerprint density at radius 2 is 2.13 bits per heavy atom. The second-order valence-electron chi connectivity index (χ2n) is 3.20. The number of pyridine rings is 1. The molecule has 1 heterocycles. The van der Waals surface area contributed by atoms with E-state index in [0.29, 0.717) is 0 Å². The first kappa shape index (κ1) is 10.3. The van der Waals surface area contributed by atoms with Crippen LogP contribution in [0.2, 0.25) is 0 Å². The Labute approximate surface area is 96.7 Å². The molecule has 0 radical (unpaired) electrons. The number of halogens is 1. The van der Waals surface area contributed by atoms with E-state index in [1.807, 2.05) is 30.3 Å². The average molecular weight is 264 g/mol. The van der Waals surface area contributed by atoms with E-state index in [0.717, 1.165) is 21.2 Å². The van der Waals surface area contributed by atoms with Gasteiger partial charge in [0.05, 0.1) is 6.61 Å². The van der Waals surface area contributed by atoms with Gasteiger partial charge in [0.2, 0.25) is 0 Å². The van der Waals surface area contributed by atoms with Crippen LogP contribution >= 0.6 is 15.9 Å². The van der Waals surface area contributed by atoms with Crippen LogP contribution in [0.25, 0.3) is 11.1 Å². The zero-order valence-corrected chi connectivity index (χ0v) is 9.61. The lowest BCUT2D eigenvalue weighted by molar-refractivity contribution is 0.282. The van der Waals surface area contributed by atoms with Crippen LogP contribution in [0.3, 0.4) is 0 Å². The first-order valence-corrected chi connectivity index (χ1v) is 5.40. The second kappa shape index (κ2) is 4.55. The molecule has 0 bridgehead atoms. The zero-order valence-electron chi connectivity index (χ0n) is 8.02. The van der Waals surface area contributed by atoms with Crippen LogP contribution in [-0.2, 0) is 6.61 Å². The van der Waals surface area contributed by atoms with Crippen molar-refractivity contribution >= 4 is 15.9 Å². The standard InChI is InChI=1S/C12H10BrNO/c13-11-3-1-2-9(6-11)12-4-5-14-7-10(12)8-15/h1-7,15H,8H2. The normalized spacial score (nSPS) is 10.3. The molecule has 1 aromatic carbocycles. The van der Waals surface area contributed by atoms with Gasteiger partial charge in [-0.2, -0.15) is 0 Å². The van der Waals surface area contributed by atoms with Gasteiger partial charge in [-0.25, -0.2) is 0 Å². The lowest BCUT2D eigenvalue weighted by atomic mass is 10.0. The molecule has 0 aliphatic carbocycles. The van der Waals surface area contributed by atoms with Crippen molar-refractivity contribution in [3.8, 4) is 11.1 Å². The highest BCUT2D eigenvalue weighted by Crippen LogP contribution is 2.25. The molecule has 0 saturated carbocycles. The van der Waals surface area contributed by atoms with Crippen molar-refractivity contribution in [1.82, 2.24) is 4.98 Å². The third kappa shape index (κ3) is 2.25. The summed E-state index contributed by atoms with van der Waals surface area (Å²) in [4.78, 5) is 3.99. The Morgan fingerprint density at radius 3 is 2.87 bits per heavy atom. The average Bonchev–Trinajstić information content (AvgIpc) is 2.29. The third-order valence-corrected chi connectivity index (χ3v) is 2.70. The van der Waals surface area contributed by atoms with E-state index in [-0.39, 0.29) is 6.61 Å². The number of hydrogen-bond acceptors (Lipinski definition) is 2. The van der Waals surface area contributed by atoms with Crippen LogP contribution in [0.4, 0.5) is 0 Å². The van der Waals surface area contributed by atoms with Gasteiger partial charge in [0.1, 0.15) is 0 Å². The number of aromatic nitrogens is 1. The van der Waals surface area contributed by atoms with Gasteiger partial charge >= 0.3 is 0 Å². The molecule has 0 amide bonds. The first-order valence-electron chi connectivity index (χ1n) is 4.61. The maximum atomic E-state index is 9.20. The number of nitrogens with zero attached hydrogens (tertiary/aromatic N) is 1. The Hall–Kier alpha value is -1.19. The summed E-state index contributed by atoms with van der Waals surface area (Å²) in [6, 6.07) is 9.89. The molecule has 2 nitrogen and oxygen atoms in total. The number of hydrogen-bond donors (Lipinski definition) is 1. The molecule has 3 heteroatoms. The molecule has 2 rings (SSSR count). The predicted octanol–water partition coefficient (Wildman–Crippen LogP) is 3.00. The largest absolute Gasteiger partial charge is 0.392 e. The minimum atomic E-state index is 0.00961. The molecule has 15 heavy (non-hydrogen) atoms. The van der Waals surface area contributed by atoms with E-state index >= 15 is 0 Å². The molecule has 2 aromatic rings. The predicted molar refractivity (Wildman–Crippen MR) is 63.3 cm³/mol. The molecule has 0 aliphatic heterocycles. The summed E-state index contributed by atoms with van der Waals surface area (Å²) in [6.07, 6.45) is 3.42. The highest BCUT2D eigenvalue weighted by molar-refractivity contribution is 9.10. The molecule has 0 spiro atoms. The first-order chi connectivity index (χ1) is 7.31. The summed E-state index contributed by atoms with van der Waals surface area (Å²) >= 11 is 3.43. The van der Waals surface area contributed by atoms with E-state index in [4.69, 9.17) is 0 Å². The van der Waals surface area contributed by atoms with Crippen molar-refractivity contribution in [2.24, 2.45) is 0 Å². The van der Waals surface area contributed by atoms with Gasteiger partial charge in [-0.1, -0.05) is 28.1 Å². The van der Waals surface area contributed by atoms with Crippen molar-refractivity contribution in [2.45, 2.75) is 6.61 Å². The Bertz CT molecular complexity index is 471.